The summed E-state index contributed by atoms with van der Waals surface area (Å²) in [6.07, 6.45) is 12.4. The Labute approximate surface area is 167 Å². The molecule has 0 aliphatic rings. The number of aryl methyl sites for hydroxylation is 2. The molecule has 0 amide bonds. The number of nitrogens with zero attached hydrogens (tertiary/aromatic N) is 2. The third-order valence-electron chi connectivity index (χ3n) is 4.99. The Kier molecular flexibility index (Phi) is 9.69. The lowest BCUT2D eigenvalue weighted by molar-refractivity contribution is -0.138. The molecule has 1 heterocycles. The first-order chi connectivity index (χ1) is 13.6. The number of carboxylic acids is 1. The largest absolute Gasteiger partial charge is 0.480 e. The van der Waals surface area contributed by atoms with Crippen molar-refractivity contribution in [3.8, 4) is 11.4 Å². The summed E-state index contributed by atoms with van der Waals surface area (Å²) in [7, 11) is 0. The quantitative estimate of drug-likeness (QED) is 0.453. The van der Waals surface area contributed by atoms with E-state index in [-0.39, 0.29) is 6.42 Å². The second-order valence-electron chi connectivity index (χ2n) is 7.42. The molecule has 0 bridgehead atoms. The highest BCUT2D eigenvalue weighted by atomic mass is 16.5. The smallest absolute Gasteiger partial charge is 0.320 e. The van der Waals surface area contributed by atoms with Gasteiger partial charge in [-0.2, -0.15) is 4.98 Å². The molecular formula is C22H33N3O3. The normalized spacial score (nSPS) is 12.2. The van der Waals surface area contributed by atoms with Crippen molar-refractivity contribution in [1.29, 1.82) is 0 Å². The van der Waals surface area contributed by atoms with Gasteiger partial charge >= 0.3 is 5.97 Å². The van der Waals surface area contributed by atoms with Crippen LogP contribution in [0.15, 0.2) is 28.8 Å². The zero-order valence-electron chi connectivity index (χ0n) is 16.9. The number of aromatic nitrogens is 2. The monoisotopic (exact) mass is 387 g/mol. The summed E-state index contributed by atoms with van der Waals surface area (Å²) in [6, 6.07) is 7.35. The van der Waals surface area contributed by atoms with Crippen LogP contribution in [-0.4, -0.2) is 27.3 Å². The molecule has 1 aromatic heterocycles. The lowest BCUT2D eigenvalue weighted by Gasteiger charge is -2.03. The van der Waals surface area contributed by atoms with Crippen molar-refractivity contribution >= 4 is 5.97 Å². The highest BCUT2D eigenvalue weighted by Crippen LogP contribution is 2.19. The van der Waals surface area contributed by atoms with E-state index in [0.717, 1.165) is 12.0 Å². The number of rotatable bonds is 14. The maximum absolute atomic E-state index is 10.8. The Balaban J connectivity index is 1.71. The minimum absolute atomic E-state index is 0.272. The van der Waals surface area contributed by atoms with Crippen LogP contribution in [0.5, 0.6) is 0 Å². The number of unbranched alkanes of at least 4 members (excludes halogenated alkanes) is 7. The fraction of sp³-hybridized carbons (Fsp3) is 0.591. The Bertz CT molecular complexity index is 697. The van der Waals surface area contributed by atoms with Crippen molar-refractivity contribution < 1.29 is 14.4 Å². The lowest BCUT2D eigenvalue weighted by atomic mass is 10.0. The van der Waals surface area contributed by atoms with E-state index in [9.17, 15) is 4.79 Å². The van der Waals surface area contributed by atoms with Crippen LogP contribution in [0.25, 0.3) is 11.4 Å². The van der Waals surface area contributed by atoms with E-state index < -0.39 is 12.0 Å². The molecule has 154 valence electrons. The molecule has 0 spiro atoms. The fourth-order valence-electron chi connectivity index (χ4n) is 3.16. The van der Waals surface area contributed by atoms with E-state index in [0.29, 0.717) is 18.1 Å². The first-order valence-corrected chi connectivity index (χ1v) is 10.5. The standard InChI is InChI=1S/C22H33N3O3/c1-2-3-4-5-6-7-8-9-10-17-11-13-18(14-12-17)21-24-20(28-25-21)16-15-19(23)22(26)27/h11-14,19H,2-10,15-16,23H2,1H3,(H,26,27)/t19-/m1/s1. The fourth-order valence-corrected chi connectivity index (χ4v) is 3.16. The summed E-state index contributed by atoms with van der Waals surface area (Å²) in [5.74, 6) is -0.0842. The van der Waals surface area contributed by atoms with Crippen LogP contribution in [-0.2, 0) is 17.6 Å². The second kappa shape index (κ2) is 12.3. The van der Waals surface area contributed by atoms with Gasteiger partial charge in [0.15, 0.2) is 0 Å². The van der Waals surface area contributed by atoms with Gasteiger partial charge in [0.25, 0.3) is 0 Å². The molecule has 2 aromatic rings. The van der Waals surface area contributed by atoms with Gasteiger partial charge in [-0.25, -0.2) is 0 Å². The Morgan fingerprint density at radius 2 is 1.68 bits per heavy atom. The minimum Gasteiger partial charge on any atom is -0.480 e. The topological polar surface area (TPSA) is 102 Å². The average molecular weight is 388 g/mol. The molecule has 1 atom stereocenters. The summed E-state index contributed by atoms with van der Waals surface area (Å²) in [5, 5.41) is 12.8. The molecule has 0 saturated carbocycles. The van der Waals surface area contributed by atoms with Crippen molar-refractivity contribution in [1.82, 2.24) is 10.1 Å². The summed E-state index contributed by atoms with van der Waals surface area (Å²) < 4.78 is 5.20. The Hall–Kier alpha value is -2.21. The average Bonchev–Trinajstić information content (AvgIpc) is 3.17. The van der Waals surface area contributed by atoms with Crippen molar-refractivity contribution in [2.75, 3.05) is 0 Å². The van der Waals surface area contributed by atoms with Gasteiger partial charge in [0.2, 0.25) is 11.7 Å². The first-order valence-electron chi connectivity index (χ1n) is 10.5. The first kappa shape index (κ1) is 22.1. The zero-order chi connectivity index (χ0) is 20.2. The highest BCUT2D eigenvalue weighted by Gasteiger charge is 2.14. The van der Waals surface area contributed by atoms with Crippen molar-refractivity contribution in [2.45, 2.75) is 83.6 Å². The van der Waals surface area contributed by atoms with Crippen LogP contribution in [0.1, 0.15) is 76.2 Å². The molecule has 0 aliphatic carbocycles. The summed E-state index contributed by atoms with van der Waals surface area (Å²) in [5.41, 5.74) is 7.72. The molecule has 0 aliphatic heterocycles. The molecule has 6 heteroatoms. The predicted molar refractivity (Wildman–Crippen MR) is 110 cm³/mol. The van der Waals surface area contributed by atoms with Gasteiger partial charge in [0, 0.05) is 12.0 Å². The zero-order valence-corrected chi connectivity index (χ0v) is 16.9. The summed E-state index contributed by atoms with van der Waals surface area (Å²) in [4.78, 5) is 15.1. The van der Waals surface area contributed by atoms with Gasteiger partial charge in [-0.1, -0.05) is 81.3 Å². The van der Waals surface area contributed by atoms with Gasteiger partial charge in [0.1, 0.15) is 6.04 Å². The number of nitrogens with two attached hydrogens (primary N) is 1. The predicted octanol–water partition coefficient (Wildman–Crippen LogP) is 4.76. The van der Waals surface area contributed by atoms with Crippen molar-refractivity contribution in [3.63, 3.8) is 0 Å². The van der Waals surface area contributed by atoms with Gasteiger partial charge in [-0.05, 0) is 24.8 Å². The van der Waals surface area contributed by atoms with Crippen LogP contribution in [0.2, 0.25) is 0 Å². The maximum Gasteiger partial charge on any atom is 0.320 e. The SMILES string of the molecule is CCCCCCCCCCc1ccc(-c2noc(CC[C@@H](N)C(=O)O)n2)cc1. The molecule has 6 nitrogen and oxygen atoms in total. The molecule has 2 rings (SSSR count). The lowest BCUT2D eigenvalue weighted by Crippen LogP contribution is -2.30. The Morgan fingerprint density at radius 1 is 1.04 bits per heavy atom. The molecule has 0 radical (unpaired) electrons. The molecule has 28 heavy (non-hydrogen) atoms. The molecule has 0 fully saturated rings. The molecule has 0 saturated heterocycles. The summed E-state index contributed by atoms with van der Waals surface area (Å²) >= 11 is 0. The number of carboxylic acid groups (broad SMARTS) is 1. The van der Waals surface area contributed by atoms with E-state index in [1.165, 1.54) is 56.9 Å². The van der Waals surface area contributed by atoms with E-state index in [2.05, 4.69) is 29.2 Å². The molecule has 3 N–H and O–H groups in total. The van der Waals surface area contributed by atoms with Crippen LogP contribution in [0.4, 0.5) is 0 Å². The minimum atomic E-state index is -1.02. The molecule has 0 unspecified atom stereocenters. The number of hydrogen-bond acceptors (Lipinski definition) is 5. The van der Waals surface area contributed by atoms with Crippen LogP contribution in [0.3, 0.4) is 0 Å². The van der Waals surface area contributed by atoms with Gasteiger partial charge in [-0.3, -0.25) is 4.79 Å². The molecular weight excluding hydrogens is 354 g/mol. The van der Waals surface area contributed by atoms with Crippen LogP contribution < -0.4 is 5.73 Å². The van der Waals surface area contributed by atoms with Crippen molar-refractivity contribution in [2.24, 2.45) is 5.73 Å². The number of hydrogen-bond donors (Lipinski definition) is 2. The van der Waals surface area contributed by atoms with Gasteiger partial charge in [0.05, 0.1) is 0 Å². The van der Waals surface area contributed by atoms with E-state index in [1.807, 2.05) is 12.1 Å². The third-order valence-corrected chi connectivity index (χ3v) is 4.99. The highest BCUT2D eigenvalue weighted by molar-refractivity contribution is 5.73. The van der Waals surface area contributed by atoms with Crippen LogP contribution >= 0.6 is 0 Å². The molecule has 1 aromatic carbocycles. The van der Waals surface area contributed by atoms with E-state index in [1.54, 1.807) is 0 Å². The van der Waals surface area contributed by atoms with Crippen LogP contribution in [0, 0.1) is 0 Å². The Morgan fingerprint density at radius 3 is 2.32 bits per heavy atom. The maximum atomic E-state index is 10.8. The summed E-state index contributed by atoms with van der Waals surface area (Å²) in [6.45, 7) is 2.25. The second-order valence-corrected chi connectivity index (χ2v) is 7.42. The van der Waals surface area contributed by atoms with Crippen molar-refractivity contribution in [3.05, 3.63) is 35.7 Å². The van der Waals surface area contributed by atoms with E-state index in [4.69, 9.17) is 15.4 Å². The number of aliphatic carboxylic acids is 1. The van der Waals surface area contributed by atoms with Gasteiger partial charge in [-0.15, -0.1) is 0 Å². The third kappa shape index (κ3) is 7.80. The van der Waals surface area contributed by atoms with E-state index >= 15 is 0 Å². The number of carbonyl (C=O) groups is 1. The number of benzene rings is 1. The van der Waals surface area contributed by atoms with Gasteiger partial charge < -0.3 is 15.4 Å².